The molecule has 0 atom stereocenters. The van der Waals surface area contributed by atoms with Crippen LogP contribution in [0.15, 0.2) is 0 Å². The lowest BCUT2D eigenvalue weighted by Crippen LogP contribution is -2.05. The topological polar surface area (TPSA) is 26.3 Å². The fourth-order valence-corrected chi connectivity index (χ4v) is 6.03. The number of carbonyl (C=O) groups excluding carboxylic acids is 1. The van der Waals surface area contributed by atoms with E-state index < -0.39 is 0 Å². The van der Waals surface area contributed by atoms with Gasteiger partial charge in [-0.1, -0.05) is 213 Å². The number of ether oxygens (including phenoxy) is 1. The molecule has 246 valence electrons. The smallest absolute Gasteiger partial charge is 0.305 e. The zero-order valence-corrected chi connectivity index (χ0v) is 28.9. The average Bonchev–Trinajstić information content (AvgIpc) is 2.96. The molecule has 0 aromatic heterocycles. The predicted molar refractivity (Wildman–Crippen MR) is 184 cm³/mol. The van der Waals surface area contributed by atoms with Crippen molar-refractivity contribution in [2.75, 3.05) is 6.61 Å². The monoisotopic (exact) mass is 579 g/mol. The Labute approximate surface area is 260 Å². The maximum atomic E-state index is 12.0. The van der Waals surface area contributed by atoms with Crippen LogP contribution in [0.3, 0.4) is 0 Å². The average molecular weight is 579 g/mol. The summed E-state index contributed by atoms with van der Waals surface area (Å²) in [6, 6.07) is 0. The Bertz CT molecular complexity index is 486. The molecule has 0 spiro atoms. The summed E-state index contributed by atoms with van der Waals surface area (Å²) < 4.78 is 5.45. The van der Waals surface area contributed by atoms with Crippen molar-refractivity contribution in [2.24, 2.45) is 5.92 Å². The lowest BCUT2D eigenvalue weighted by atomic mass is 10.0. The van der Waals surface area contributed by atoms with Gasteiger partial charge in [0.25, 0.3) is 0 Å². The van der Waals surface area contributed by atoms with E-state index in [1.807, 2.05) is 0 Å². The molecule has 0 aliphatic rings. The van der Waals surface area contributed by atoms with E-state index in [4.69, 9.17) is 4.74 Å². The highest BCUT2D eigenvalue weighted by molar-refractivity contribution is 5.69. The van der Waals surface area contributed by atoms with Crippen LogP contribution in [0, 0.1) is 5.92 Å². The van der Waals surface area contributed by atoms with Crippen LogP contribution in [0.5, 0.6) is 0 Å². The molecule has 0 saturated heterocycles. The van der Waals surface area contributed by atoms with Crippen molar-refractivity contribution in [3.05, 3.63) is 0 Å². The molecule has 0 fully saturated rings. The molecule has 0 unspecified atom stereocenters. The second kappa shape index (κ2) is 35.7. The summed E-state index contributed by atoms with van der Waals surface area (Å²) in [7, 11) is 0. The van der Waals surface area contributed by atoms with E-state index >= 15 is 0 Å². The summed E-state index contributed by atoms with van der Waals surface area (Å²) in [6.07, 6.45) is 44.6. The van der Waals surface area contributed by atoms with Gasteiger partial charge in [0.1, 0.15) is 0 Å². The fourth-order valence-electron chi connectivity index (χ4n) is 6.03. The van der Waals surface area contributed by atoms with E-state index in [0.29, 0.717) is 13.0 Å². The van der Waals surface area contributed by atoms with E-state index in [2.05, 4.69) is 20.8 Å². The van der Waals surface area contributed by atoms with Crippen molar-refractivity contribution in [3.63, 3.8) is 0 Å². The third-order valence-electron chi connectivity index (χ3n) is 8.92. The predicted octanol–water partition coefficient (Wildman–Crippen LogP) is 14.1. The third kappa shape index (κ3) is 37.4. The van der Waals surface area contributed by atoms with E-state index in [1.54, 1.807) is 0 Å². The van der Waals surface area contributed by atoms with Crippen molar-refractivity contribution in [1.82, 2.24) is 0 Å². The minimum absolute atomic E-state index is 0.0289. The number of rotatable bonds is 35. The molecule has 2 nitrogen and oxygen atoms in total. The van der Waals surface area contributed by atoms with Crippen LogP contribution in [0.25, 0.3) is 0 Å². The van der Waals surface area contributed by atoms with Crippen LogP contribution >= 0.6 is 0 Å². The highest BCUT2D eigenvalue weighted by atomic mass is 16.5. The normalized spacial score (nSPS) is 11.5. The largest absolute Gasteiger partial charge is 0.466 e. The Morgan fingerprint density at radius 2 is 0.707 bits per heavy atom. The molecule has 0 aliphatic carbocycles. The quantitative estimate of drug-likeness (QED) is 0.0552. The number of hydrogen-bond donors (Lipinski definition) is 0. The van der Waals surface area contributed by atoms with Crippen LogP contribution in [-0.2, 0) is 9.53 Å². The SMILES string of the molecule is CCCCCCCCCCCCCCCCCCCCCC(=O)OCCCCCCCCCCCCCCC(C)C. The minimum Gasteiger partial charge on any atom is -0.466 e. The zero-order valence-electron chi connectivity index (χ0n) is 28.9. The van der Waals surface area contributed by atoms with Crippen molar-refractivity contribution < 1.29 is 9.53 Å². The van der Waals surface area contributed by atoms with Gasteiger partial charge in [-0.15, -0.1) is 0 Å². The number of unbranched alkanes of at least 4 members (excludes halogenated alkanes) is 29. The molecule has 0 bridgehead atoms. The summed E-state index contributed by atoms with van der Waals surface area (Å²) in [5.74, 6) is 0.899. The van der Waals surface area contributed by atoms with Gasteiger partial charge in [0.15, 0.2) is 0 Å². The molecular weight excluding hydrogens is 500 g/mol. The van der Waals surface area contributed by atoms with Gasteiger partial charge in [-0.2, -0.15) is 0 Å². The highest BCUT2D eigenvalue weighted by Gasteiger charge is 2.03. The summed E-state index contributed by atoms with van der Waals surface area (Å²) in [6.45, 7) is 7.59. The van der Waals surface area contributed by atoms with Crippen LogP contribution in [0.4, 0.5) is 0 Å². The molecule has 0 aliphatic heterocycles. The van der Waals surface area contributed by atoms with Crippen molar-refractivity contribution in [2.45, 2.75) is 233 Å². The number of carbonyl (C=O) groups is 1. The van der Waals surface area contributed by atoms with Crippen molar-refractivity contribution in [3.8, 4) is 0 Å². The molecule has 0 amide bonds. The van der Waals surface area contributed by atoms with E-state index in [9.17, 15) is 4.79 Å². The Balaban J connectivity index is 3.15. The minimum atomic E-state index is 0.0289. The molecule has 0 aromatic rings. The van der Waals surface area contributed by atoms with E-state index in [1.165, 1.54) is 193 Å². The van der Waals surface area contributed by atoms with Crippen LogP contribution in [0.1, 0.15) is 233 Å². The first-order valence-corrected chi connectivity index (χ1v) is 19.3. The van der Waals surface area contributed by atoms with Crippen molar-refractivity contribution in [1.29, 1.82) is 0 Å². The molecule has 0 rings (SSSR count). The molecule has 0 radical (unpaired) electrons. The highest BCUT2D eigenvalue weighted by Crippen LogP contribution is 2.16. The first-order chi connectivity index (χ1) is 20.2. The maximum absolute atomic E-state index is 12.0. The van der Waals surface area contributed by atoms with Gasteiger partial charge in [-0.3, -0.25) is 4.79 Å². The standard InChI is InChI=1S/C39H78O2/c1-4-5-6-7-8-9-10-11-12-13-14-15-16-17-21-24-27-30-33-36-39(40)41-37-34-31-28-25-22-19-18-20-23-26-29-32-35-38(2)3/h38H,4-37H2,1-3H3. The zero-order chi connectivity index (χ0) is 29.9. The Morgan fingerprint density at radius 1 is 0.415 bits per heavy atom. The first-order valence-electron chi connectivity index (χ1n) is 19.3. The molecule has 2 heteroatoms. The van der Waals surface area contributed by atoms with E-state index in [0.717, 1.165) is 18.8 Å². The van der Waals surface area contributed by atoms with Gasteiger partial charge in [-0.05, 0) is 18.8 Å². The van der Waals surface area contributed by atoms with Crippen LogP contribution in [-0.4, -0.2) is 12.6 Å². The lowest BCUT2D eigenvalue weighted by Gasteiger charge is -2.06. The summed E-state index contributed by atoms with van der Waals surface area (Å²) in [4.78, 5) is 12.0. The number of esters is 1. The molecule has 0 N–H and O–H groups in total. The van der Waals surface area contributed by atoms with Crippen molar-refractivity contribution >= 4 is 5.97 Å². The van der Waals surface area contributed by atoms with Gasteiger partial charge in [-0.25, -0.2) is 0 Å². The summed E-state index contributed by atoms with van der Waals surface area (Å²) >= 11 is 0. The third-order valence-corrected chi connectivity index (χ3v) is 8.92. The van der Waals surface area contributed by atoms with Gasteiger partial charge < -0.3 is 4.74 Å². The lowest BCUT2D eigenvalue weighted by molar-refractivity contribution is -0.143. The first kappa shape index (κ1) is 40.5. The second-order valence-corrected chi connectivity index (χ2v) is 13.8. The van der Waals surface area contributed by atoms with Gasteiger partial charge in [0, 0.05) is 6.42 Å². The maximum Gasteiger partial charge on any atom is 0.305 e. The summed E-state index contributed by atoms with van der Waals surface area (Å²) in [5.41, 5.74) is 0. The Kier molecular flexibility index (Phi) is 35.2. The van der Waals surface area contributed by atoms with E-state index in [-0.39, 0.29) is 5.97 Å². The van der Waals surface area contributed by atoms with Gasteiger partial charge >= 0.3 is 5.97 Å². The number of hydrogen-bond acceptors (Lipinski definition) is 2. The van der Waals surface area contributed by atoms with Crippen LogP contribution < -0.4 is 0 Å². The molecule has 0 saturated carbocycles. The molecular formula is C39H78O2. The van der Waals surface area contributed by atoms with Gasteiger partial charge in [0.2, 0.25) is 0 Å². The molecule has 0 aromatic carbocycles. The molecule has 41 heavy (non-hydrogen) atoms. The Hall–Kier alpha value is -0.530. The Morgan fingerprint density at radius 3 is 1.05 bits per heavy atom. The second-order valence-electron chi connectivity index (χ2n) is 13.8. The fraction of sp³-hybridized carbons (Fsp3) is 0.974. The molecule has 0 heterocycles. The van der Waals surface area contributed by atoms with Crippen LogP contribution in [0.2, 0.25) is 0 Å². The summed E-state index contributed by atoms with van der Waals surface area (Å²) in [5, 5.41) is 0. The van der Waals surface area contributed by atoms with Gasteiger partial charge in [0.05, 0.1) is 6.61 Å².